The van der Waals surface area contributed by atoms with Gasteiger partial charge in [0.05, 0.1) is 0 Å². The minimum Gasteiger partial charge on any atom is -0.369 e. The minimum absolute atomic E-state index is 0.134. The molecule has 1 fully saturated rings. The van der Waals surface area contributed by atoms with E-state index in [1.54, 1.807) is 11.1 Å². The molecule has 1 N–H and O–H groups in total. The van der Waals surface area contributed by atoms with Gasteiger partial charge in [0.25, 0.3) is 11.8 Å². The normalized spacial score (nSPS) is 15.8. The lowest BCUT2D eigenvalue weighted by Gasteiger charge is -2.36. The number of piperazine rings is 1. The van der Waals surface area contributed by atoms with E-state index < -0.39 is 6.04 Å². The summed E-state index contributed by atoms with van der Waals surface area (Å²) in [5.74, 6) is -0.401. The maximum Gasteiger partial charge on any atom is 0.255 e. The number of amides is 2. The van der Waals surface area contributed by atoms with Crippen molar-refractivity contribution in [2.75, 3.05) is 42.9 Å². The van der Waals surface area contributed by atoms with Crippen LogP contribution in [0.2, 0.25) is 0 Å². The number of anilines is 2. The van der Waals surface area contributed by atoms with Crippen molar-refractivity contribution in [1.29, 1.82) is 0 Å². The van der Waals surface area contributed by atoms with Gasteiger partial charge in [-0.15, -0.1) is 11.3 Å². The van der Waals surface area contributed by atoms with Crippen molar-refractivity contribution in [3.8, 4) is 11.1 Å². The number of fused-ring (bicyclic) bond motifs is 1. The fraction of sp³-hybridized carbons (Fsp3) is 0.439. The molecule has 4 aromatic rings. The van der Waals surface area contributed by atoms with Gasteiger partial charge in [0, 0.05) is 55.6 Å². The highest BCUT2D eigenvalue weighted by Crippen LogP contribution is 2.35. The van der Waals surface area contributed by atoms with Crippen LogP contribution in [0.15, 0.2) is 84.4 Å². The third-order valence-corrected chi connectivity index (χ3v) is 10.6. The smallest absolute Gasteiger partial charge is 0.255 e. The molecule has 0 saturated carbocycles. The Kier molecular flexibility index (Phi) is 11.5. The van der Waals surface area contributed by atoms with Crippen LogP contribution in [0.4, 0.5) is 10.8 Å². The van der Waals surface area contributed by atoms with Gasteiger partial charge in [-0.2, -0.15) is 0 Å². The lowest BCUT2D eigenvalue weighted by molar-refractivity contribution is -0.120. The molecule has 2 aliphatic heterocycles. The number of carbonyl (C=O) groups is 2. The number of carbonyl (C=O) groups excluding carboxylic acids is 2. The van der Waals surface area contributed by atoms with Gasteiger partial charge in [0.2, 0.25) is 0 Å². The molecule has 1 saturated heterocycles. The summed E-state index contributed by atoms with van der Waals surface area (Å²) < 4.78 is 0. The SMILES string of the molecule is CC(C)(C)CCCCCCCCN1CCN(c2ccc(-c3ccc4c(c3)C(=O)N(C(C(=O)Nc3nccs3)c3ccccc3)C4)cc2)CC1. The van der Waals surface area contributed by atoms with Crippen molar-refractivity contribution >= 4 is 34.0 Å². The van der Waals surface area contributed by atoms with Crippen LogP contribution in [0.25, 0.3) is 11.1 Å². The van der Waals surface area contributed by atoms with Crippen LogP contribution in [0, 0.1) is 5.41 Å². The van der Waals surface area contributed by atoms with Crippen LogP contribution in [0.3, 0.4) is 0 Å². The van der Waals surface area contributed by atoms with Gasteiger partial charge in [-0.25, -0.2) is 4.98 Å². The number of nitrogens with zero attached hydrogens (tertiary/aromatic N) is 4. The third kappa shape index (κ3) is 9.17. The molecule has 1 unspecified atom stereocenters. The summed E-state index contributed by atoms with van der Waals surface area (Å²) in [6.07, 6.45) is 11.1. The largest absolute Gasteiger partial charge is 0.369 e. The van der Waals surface area contributed by atoms with Crippen LogP contribution in [-0.4, -0.2) is 59.3 Å². The molecule has 49 heavy (non-hydrogen) atoms. The molecule has 1 atom stereocenters. The van der Waals surface area contributed by atoms with E-state index in [-0.39, 0.29) is 11.8 Å². The van der Waals surface area contributed by atoms with Gasteiger partial charge in [0.1, 0.15) is 6.04 Å². The highest BCUT2D eigenvalue weighted by Gasteiger charge is 2.38. The standard InChI is InChI=1S/C41H51N5O2S/c1-41(2,3)21-11-6-4-5-7-12-23-44-24-26-45(27-25-44)35-19-17-31(18-20-35)33-15-16-34-30-46(39(48)36(34)29-33)37(32-13-9-8-10-14-32)38(47)43-40-42-22-28-49-40/h8-10,13-20,22,28-29,37H,4-7,11-12,21,23-27,30H2,1-3H3,(H,42,43,47). The van der Waals surface area contributed by atoms with Crippen LogP contribution in [0.5, 0.6) is 0 Å². The molecule has 0 spiro atoms. The number of nitrogens with one attached hydrogen (secondary N) is 1. The molecule has 0 bridgehead atoms. The van der Waals surface area contributed by atoms with Crippen molar-refractivity contribution in [2.24, 2.45) is 5.41 Å². The molecule has 258 valence electrons. The quantitative estimate of drug-likeness (QED) is 0.135. The summed E-state index contributed by atoms with van der Waals surface area (Å²) >= 11 is 1.36. The molecule has 3 heterocycles. The first-order valence-electron chi connectivity index (χ1n) is 18.0. The molecular formula is C41H51N5O2S. The van der Waals surface area contributed by atoms with Crippen LogP contribution >= 0.6 is 11.3 Å². The van der Waals surface area contributed by atoms with Gasteiger partial charge in [-0.3, -0.25) is 19.8 Å². The summed E-state index contributed by atoms with van der Waals surface area (Å²) in [4.78, 5) is 38.4. The first-order chi connectivity index (χ1) is 23.7. The molecule has 2 aliphatic rings. The van der Waals surface area contributed by atoms with Crippen molar-refractivity contribution < 1.29 is 9.59 Å². The van der Waals surface area contributed by atoms with Crippen molar-refractivity contribution in [1.82, 2.24) is 14.8 Å². The van der Waals surface area contributed by atoms with E-state index in [4.69, 9.17) is 0 Å². The van der Waals surface area contributed by atoms with Crippen LogP contribution < -0.4 is 10.2 Å². The van der Waals surface area contributed by atoms with Gasteiger partial charge in [-0.1, -0.05) is 107 Å². The van der Waals surface area contributed by atoms with E-state index in [9.17, 15) is 9.59 Å². The van der Waals surface area contributed by atoms with Crippen molar-refractivity contribution in [2.45, 2.75) is 78.3 Å². The average molecular weight is 678 g/mol. The average Bonchev–Trinajstić information content (AvgIpc) is 3.73. The molecule has 1 aromatic heterocycles. The van der Waals surface area contributed by atoms with Crippen LogP contribution in [-0.2, 0) is 11.3 Å². The number of unbranched alkanes of at least 4 members (excludes halogenated alkanes) is 5. The fourth-order valence-corrected chi connectivity index (χ4v) is 7.60. The molecular weight excluding hydrogens is 627 g/mol. The molecule has 0 aliphatic carbocycles. The topological polar surface area (TPSA) is 68.8 Å². The number of hydrogen-bond donors (Lipinski definition) is 1. The number of aromatic nitrogens is 1. The van der Waals surface area contributed by atoms with E-state index in [1.807, 2.05) is 47.8 Å². The van der Waals surface area contributed by atoms with E-state index in [0.717, 1.165) is 48.4 Å². The van der Waals surface area contributed by atoms with Crippen molar-refractivity contribution in [3.63, 3.8) is 0 Å². The second-order valence-electron chi connectivity index (χ2n) is 14.8. The zero-order valence-corrected chi connectivity index (χ0v) is 30.2. The number of hydrogen-bond acceptors (Lipinski definition) is 6. The Morgan fingerprint density at radius 1 is 0.857 bits per heavy atom. The first-order valence-corrected chi connectivity index (χ1v) is 18.9. The summed E-state index contributed by atoms with van der Waals surface area (Å²) in [7, 11) is 0. The molecule has 3 aromatic carbocycles. The summed E-state index contributed by atoms with van der Waals surface area (Å²) in [6.45, 7) is 12.9. The number of rotatable bonds is 14. The van der Waals surface area contributed by atoms with Gasteiger partial charge in [-0.05, 0) is 65.3 Å². The first kappa shape index (κ1) is 34.8. The zero-order valence-electron chi connectivity index (χ0n) is 29.4. The highest BCUT2D eigenvalue weighted by atomic mass is 32.1. The fourth-order valence-electron chi connectivity index (χ4n) is 7.07. The third-order valence-electron chi connectivity index (χ3n) is 9.87. The van der Waals surface area contributed by atoms with Gasteiger partial charge >= 0.3 is 0 Å². The molecule has 7 nitrogen and oxygen atoms in total. The summed E-state index contributed by atoms with van der Waals surface area (Å²) in [5, 5.41) is 5.24. The van der Waals surface area contributed by atoms with E-state index in [2.05, 4.69) is 71.2 Å². The van der Waals surface area contributed by atoms with E-state index >= 15 is 0 Å². The Hall–Kier alpha value is -4.01. The number of benzene rings is 3. The van der Waals surface area contributed by atoms with Gasteiger partial charge < -0.3 is 9.80 Å². The minimum atomic E-state index is -0.762. The van der Waals surface area contributed by atoms with E-state index in [1.165, 1.54) is 68.5 Å². The molecule has 6 rings (SSSR count). The predicted octanol–water partition coefficient (Wildman–Crippen LogP) is 9.04. The zero-order chi connectivity index (χ0) is 34.2. The van der Waals surface area contributed by atoms with E-state index in [0.29, 0.717) is 22.7 Å². The molecule has 8 heteroatoms. The lowest BCUT2D eigenvalue weighted by Crippen LogP contribution is -2.46. The summed E-state index contributed by atoms with van der Waals surface area (Å²) in [6, 6.07) is 23.6. The monoisotopic (exact) mass is 677 g/mol. The lowest BCUT2D eigenvalue weighted by atomic mass is 9.89. The Morgan fingerprint density at radius 2 is 1.55 bits per heavy atom. The van der Waals surface area contributed by atoms with Crippen LogP contribution in [0.1, 0.15) is 93.2 Å². The maximum absolute atomic E-state index is 13.9. The Labute approximate surface area is 296 Å². The molecule has 2 amide bonds. The Bertz CT molecular complexity index is 1660. The molecule has 0 radical (unpaired) electrons. The highest BCUT2D eigenvalue weighted by molar-refractivity contribution is 7.13. The Morgan fingerprint density at radius 3 is 2.24 bits per heavy atom. The predicted molar refractivity (Wildman–Crippen MR) is 202 cm³/mol. The van der Waals surface area contributed by atoms with Crippen molar-refractivity contribution in [3.05, 3.63) is 101 Å². The number of thiazole rings is 1. The maximum atomic E-state index is 13.9. The Balaban J connectivity index is 1.01. The second-order valence-corrected chi connectivity index (χ2v) is 15.6. The summed E-state index contributed by atoms with van der Waals surface area (Å²) in [5.41, 5.74) is 6.16. The van der Waals surface area contributed by atoms with Gasteiger partial charge in [0.15, 0.2) is 5.13 Å². The second kappa shape index (κ2) is 16.1.